The zero-order chi connectivity index (χ0) is 23.6. The largest absolute Gasteiger partial charge is 0.318 e. The third-order valence-corrected chi connectivity index (χ3v) is 6.60. The van der Waals surface area contributed by atoms with Gasteiger partial charge in [-0.2, -0.15) is 0 Å². The van der Waals surface area contributed by atoms with Gasteiger partial charge in [0, 0.05) is 7.05 Å². The maximum Gasteiger partial charge on any atom is 0.295 e. The number of hydrogen-bond donors (Lipinski definition) is 1. The van der Waals surface area contributed by atoms with Crippen molar-refractivity contribution in [3.05, 3.63) is 76.2 Å². The van der Waals surface area contributed by atoms with E-state index in [-0.39, 0.29) is 17.7 Å². The van der Waals surface area contributed by atoms with E-state index in [2.05, 4.69) is 5.32 Å². The van der Waals surface area contributed by atoms with E-state index in [0.29, 0.717) is 17.1 Å². The summed E-state index contributed by atoms with van der Waals surface area (Å²) in [5, 5.41) is 2.69. The Balaban J connectivity index is 2.01. The van der Waals surface area contributed by atoms with Gasteiger partial charge < -0.3 is 5.32 Å². The van der Waals surface area contributed by atoms with Gasteiger partial charge in [-0.3, -0.25) is 18.6 Å². The van der Waals surface area contributed by atoms with Crippen molar-refractivity contribution in [1.29, 1.82) is 0 Å². The second-order valence-electron chi connectivity index (χ2n) is 7.74. The van der Waals surface area contributed by atoms with Crippen LogP contribution in [0.3, 0.4) is 0 Å². The first kappa shape index (κ1) is 23.3. The Morgan fingerprint density at radius 2 is 1.66 bits per heavy atom. The fourth-order valence-corrected chi connectivity index (χ4v) is 4.88. The second-order valence-corrected chi connectivity index (χ2v) is 9.60. The summed E-state index contributed by atoms with van der Waals surface area (Å²) < 4.78 is 29.5. The number of aromatic nitrogens is 2. The molecule has 0 aliphatic rings. The molecule has 0 radical (unpaired) electrons. The van der Waals surface area contributed by atoms with Crippen molar-refractivity contribution in [2.24, 2.45) is 7.05 Å². The number of carbonyl (C=O) groups excluding carboxylic acids is 1. The first-order chi connectivity index (χ1) is 15.1. The Hall–Kier alpha value is -3.33. The highest BCUT2D eigenvalue weighted by atomic mass is 32.2. The number of aryl methyl sites for hydroxylation is 1. The molecule has 170 valence electrons. The van der Waals surface area contributed by atoms with Crippen LogP contribution in [0, 0.1) is 13.8 Å². The van der Waals surface area contributed by atoms with Crippen molar-refractivity contribution in [3.63, 3.8) is 0 Å². The van der Waals surface area contributed by atoms with Crippen LogP contribution in [0.15, 0.2) is 59.4 Å². The molecule has 2 aromatic carbocycles. The molecule has 1 heterocycles. The summed E-state index contributed by atoms with van der Waals surface area (Å²) in [4.78, 5) is 26.4. The van der Waals surface area contributed by atoms with Crippen molar-refractivity contribution < 1.29 is 13.2 Å². The van der Waals surface area contributed by atoms with E-state index in [1.54, 1.807) is 62.0 Å². The van der Waals surface area contributed by atoms with Gasteiger partial charge in [-0.1, -0.05) is 42.8 Å². The fourth-order valence-electron chi connectivity index (χ4n) is 3.67. The van der Waals surface area contributed by atoms with Crippen molar-refractivity contribution in [2.45, 2.75) is 33.2 Å². The number of carbonyl (C=O) groups is 1. The molecule has 1 unspecified atom stereocenters. The topological polar surface area (TPSA) is 93.4 Å². The highest BCUT2D eigenvalue weighted by Crippen LogP contribution is 2.24. The molecule has 0 aliphatic heterocycles. The number of amides is 1. The lowest BCUT2D eigenvalue weighted by molar-refractivity contribution is -0.117. The summed E-state index contributed by atoms with van der Waals surface area (Å²) in [6.45, 7) is 5.36. The standard InChI is InChI=1S/C23H28N4O4S/c1-6-20(27(32(5,30)31)19-14-12-16(2)13-15-19)22(28)24-21-17(3)25(4)26(23(21)29)18-10-8-7-9-11-18/h7-15,20H,6H2,1-5H3,(H,24,28). The molecule has 1 N–H and O–H groups in total. The summed E-state index contributed by atoms with van der Waals surface area (Å²) >= 11 is 0. The second kappa shape index (κ2) is 9.04. The number of hydrogen-bond acceptors (Lipinski definition) is 4. The predicted octanol–water partition coefficient (Wildman–Crippen LogP) is 2.98. The lowest BCUT2D eigenvalue weighted by atomic mass is 10.1. The predicted molar refractivity (Wildman–Crippen MR) is 127 cm³/mol. The molecular formula is C23H28N4O4S. The van der Waals surface area contributed by atoms with Crippen molar-refractivity contribution in [1.82, 2.24) is 9.36 Å². The Bertz CT molecular complexity index is 1280. The third kappa shape index (κ3) is 4.47. The third-order valence-electron chi connectivity index (χ3n) is 5.42. The number of benzene rings is 2. The lowest BCUT2D eigenvalue weighted by Gasteiger charge is -2.30. The van der Waals surface area contributed by atoms with Crippen LogP contribution < -0.4 is 15.2 Å². The molecule has 0 spiro atoms. The smallest absolute Gasteiger partial charge is 0.295 e. The van der Waals surface area contributed by atoms with Gasteiger partial charge in [0.1, 0.15) is 11.7 Å². The molecule has 0 saturated heterocycles. The quantitative estimate of drug-likeness (QED) is 0.592. The Morgan fingerprint density at radius 3 is 2.19 bits per heavy atom. The number of nitrogens with one attached hydrogen (secondary N) is 1. The minimum Gasteiger partial charge on any atom is -0.318 e. The average molecular weight is 457 g/mol. The molecule has 0 saturated carbocycles. The molecule has 1 atom stereocenters. The van der Waals surface area contributed by atoms with E-state index in [1.807, 2.05) is 25.1 Å². The summed E-state index contributed by atoms with van der Waals surface area (Å²) in [5.41, 5.74) is 2.32. The first-order valence-electron chi connectivity index (χ1n) is 10.3. The van der Waals surface area contributed by atoms with E-state index in [4.69, 9.17) is 0 Å². The Kier molecular flexibility index (Phi) is 6.59. The van der Waals surface area contributed by atoms with Crippen molar-refractivity contribution in [2.75, 3.05) is 15.9 Å². The maximum atomic E-state index is 13.3. The van der Waals surface area contributed by atoms with Crippen LogP contribution in [0.2, 0.25) is 0 Å². The molecule has 3 aromatic rings. The van der Waals surface area contributed by atoms with Gasteiger partial charge in [0.05, 0.1) is 23.3 Å². The van der Waals surface area contributed by atoms with Gasteiger partial charge in [-0.25, -0.2) is 13.1 Å². The number of para-hydroxylation sites is 1. The fraction of sp³-hybridized carbons (Fsp3) is 0.304. The minimum atomic E-state index is -3.76. The Labute approximate surface area is 188 Å². The van der Waals surface area contributed by atoms with Gasteiger partial charge in [0.25, 0.3) is 5.56 Å². The van der Waals surface area contributed by atoms with E-state index < -0.39 is 22.0 Å². The van der Waals surface area contributed by atoms with Crippen LogP contribution >= 0.6 is 0 Å². The summed E-state index contributed by atoms with van der Waals surface area (Å²) in [5.74, 6) is -0.565. The number of nitrogens with zero attached hydrogens (tertiary/aromatic N) is 3. The molecular weight excluding hydrogens is 428 g/mol. The van der Waals surface area contributed by atoms with E-state index in [1.165, 1.54) is 4.68 Å². The highest BCUT2D eigenvalue weighted by Gasteiger charge is 2.32. The number of sulfonamides is 1. The van der Waals surface area contributed by atoms with Crippen LogP contribution in [-0.4, -0.2) is 36.0 Å². The van der Waals surface area contributed by atoms with Crippen LogP contribution in [-0.2, 0) is 21.9 Å². The van der Waals surface area contributed by atoms with Gasteiger partial charge in [-0.15, -0.1) is 0 Å². The van der Waals surface area contributed by atoms with Crippen LogP contribution in [0.25, 0.3) is 5.69 Å². The van der Waals surface area contributed by atoms with Crippen LogP contribution in [0.5, 0.6) is 0 Å². The van der Waals surface area contributed by atoms with Crippen LogP contribution in [0.1, 0.15) is 24.6 Å². The number of rotatable bonds is 7. The Morgan fingerprint density at radius 1 is 1.06 bits per heavy atom. The molecule has 0 fully saturated rings. The molecule has 1 amide bonds. The first-order valence-corrected chi connectivity index (χ1v) is 12.1. The SMILES string of the molecule is CCC(C(=O)Nc1c(C)n(C)n(-c2ccccc2)c1=O)N(c1ccc(C)cc1)S(C)(=O)=O. The van der Waals surface area contributed by atoms with E-state index in [9.17, 15) is 18.0 Å². The van der Waals surface area contributed by atoms with Gasteiger partial charge in [0.2, 0.25) is 15.9 Å². The lowest BCUT2D eigenvalue weighted by Crippen LogP contribution is -2.47. The molecule has 0 aliphatic carbocycles. The minimum absolute atomic E-state index is 0.122. The molecule has 8 nitrogen and oxygen atoms in total. The molecule has 9 heteroatoms. The number of anilines is 2. The van der Waals surface area contributed by atoms with E-state index >= 15 is 0 Å². The zero-order valence-electron chi connectivity index (χ0n) is 18.9. The van der Waals surface area contributed by atoms with Crippen molar-refractivity contribution >= 4 is 27.3 Å². The summed E-state index contributed by atoms with van der Waals surface area (Å²) in [7, 11) is -2.03. The molecule has 0 bridgehead atoms. The highest BCUT2D eigenvalue weighted by molar-refractivity contribution is 7.92. The average Bonchev–Trinajstić information content (AvgIpc) is 2.95. The van der Waals surface area contributed by atoms with Crippen LogP contribution in [0.4, 0.5) is 11.4 Å². The molecule has 32 heavy (non-hydrogen) atoms. The zero-order valence-corrected chi connectivity index (χ0v) is 19.7. The summed E-state index contributed by atoms with van der Waals surface area (Å²) in [6, 6.07) is 15.0. The van der Waals surface area contributed by atoms with Gasteiger partial charge in [-0.05, 0) is 44.5 Å². The maximum absolute atomic E-state index is 13.3. The normalized spacial score (nSPS) is 12.4. The summed E-state index contributed by atoms with van der Waals surface area (Å²) in [6.07, 6.45) is 1.30. The monoisotopic (exact) mass is 456 g/mol. The van der Waals surface area contributed by atoms with E-state index in [0.717, 1.165) is 16.1 Å². The molecule has 1 aromatic heterocycles. The van der Waals surface area contributed by atoms with Gasteiger partial charge >= 0.3 is 0 Å². The van der Waals surface area contributed by atoms with Gasteiger partial charge in [0.15, 0.2) is 0 Å². The molecule has 3 rings (SSSR count). The van der Waals surface area contributed by atoms with Crippen molar-refractivity contribution in [3.8, 4) is 5.69 Å².